The van der Waals surface area contributed by atoms with E-state index in [1.807, 2.05) is 6.26 Å². The number of thioether (sulfide) groups is 1. The molecule has 0 bridgehead atoms. The van der Waals surface area contributed by atoms with Crippen LogP contribution < -0.4 is 0 Å². The lowest BCUT2D eigenvalue weighted by Gasteiger charge is -2.15. The summed E-state index contributed by atoms with van der Waals surface area (Å²) in [5.41, 5.74) is 1.96. The Bertz CT molecular complexity index is 1070. The SMILES string of the molecule is CCOC(=O)c1c(C)nc(-c2cccnc2)nc1-c1cc([N+](=O)[O-])ccc1SC. The van der Waals surface area contributed by atoms with Gasteiger partial charge in [0, 0.05) is 40.5 Å². The maximum absolute atomic E-state index is 12.7. The van der Waals surface area contributed by atoms with E-state index in [0.717, 1.165) is 4.90 Å². The quantitative estimate of drug-likeness (QED) is 0.256. The van der Waals surface area contributed by atoms with Crippen molar-refractivity contribution in [1.82, 2.24) is 15.0 Å². The summed E-state index contributed by atoms with van der Waals surface area (Å²) < 4.78 is 5.20. The van der Waals surface area contributed by atoms with Crippen LogP contribution in [0.3, 0.4) is 0 Å². The minimum Gasteiger partial charge on any atom is -0.462 e. The van der Waals surface area contributed by atoms with Gasteiger partial charge in [-0.2, -0.15) is 0 Å². The van der Waals surface area contributed by atoms with Crippen molar-refractivity contribution in [3.8, 4) is 22.6 Å². The van der Waals surface area contributed by atoms with E-state index in [2.05, 4.69) is 15.0 Å². The van der Waals surface area contributed by atoms with Gasteiger partial charge in [0.15, 0.2) is 5.82 Å². The fourth-order valence-electron chi connectivity index (χ4n) is 2.83. The van der Waals surface area contributed by atoms with E-state index in [4.69, 9.17) is 4.74 Å². The lowest BCUT2D eigenvalue weighted by molar-refractivity contribution is -0.384. The van der Waals surface area contributed by atoms with Crippen LogP contribution in [0.2, 0.25) is 0 Å². The van der Waals surface area contributed by atoms with E-state index in [1.54, 1.807) is 44.4 Å². The molecule has 0 aliphatic carbocycles. The molecule has 0 fully saturated rings. The van der Waals surface area contributed by atoms with Crippen LogP contribution in [0, 0.1) is 17.0 Å². The molecule has 29 heavy (non-hydrogen) atoms. The van der Waals surface area contributed by atoms with Crippen molar-refractivity contribution in [3.05, 3.63) is 64.1 Å². The van der Waals surface area contributed by atoms with Gasteiger partial charge in [-0.25, -0.2) is 14.8 Å². The molecule has 3 aromatic rings. The lowest BCUT2D eigenvalue weighted by Crippen LogP contribution is -2.13. The van der Waals surface area contributed by atoms with E-state index in [1.165, 1.54) is 23.9 Å². The van der Waals surface area contributed by atoms with Crippen molar-refractivity contribution < 1.29 is 14.5 Å². The monoisotopic (exact) mass is 410 g/mol. The number of nitro groups is 1. The van der Waals surface area contributed by atoms with Gasteiger partial charge in [0.2, 0.25) is 0 Å². The number of aryl methyl sites for hydroxylation is 1. The predicted octanol–water partition coefficient (Wildman–Crippen LogP) is 4.32. The Morgan fingerprint density at radius 2 is 2.07 bits per heavy atom. The molecule has 0 radical (unpaired) electrons. The Kier molecular flexibility index (Phi) is 6.18. The van der Waals surface area contributed by atoms with Crippen LogP contribution >= 0.6 is 11.8 Å². The van der Waals surface area contributed by atoms with Gasteiger partial charge < -0.3 is 4.74 Å². The number of pyridine rings is 1. The first-order chi connectivity index (χ1) is 14.0. The summed E-state index contributed by atoms with van der Waals surface area (Å²) in [7, 11) is 0. The molecule has 9 heteroatoms. The molecule has 3 rings (SSSR count). The standard InChI is InChI=1S/C20H18N4O4S/c1-4-28-20(25)17-12(2)22-19(13-6-5-9-21-11-13)23-18(17)15-10-14(24(26)27)7-8-16(15)29-3/h5-11H,4H2,1-3H3. The summed E-state index contributed by atoms with van der Waals surface area (Å²) in [6, 6.07) is 8.05. The maximum Gasteiger partial charge on any atom is 0.342 e. The van der Waals surface area contributed by atoms with Crippen molar-refractivity contribution in [2.75, 3.05) is 12.9 Å². The number of non-ortho nitro benzene ring substituents is 1. The highest BCUT2D eigenvalue weighted by Gasteiger charge is 2.24. The van der Waals surface area contributed by atoms with E-state index < -0.39 is 10.9 Å². The summed E-state index contributed by atoms with van der Waals surface area (Å²) in [4.78, 5) is 37.4. The van der Waals surface area contributed by atoms with Gasteiger partial charge in [-0.15, -0.1) is 11.8 Å². The van der Waals surface area contributed by atoms with Crippen molar-refractivity contribution in [2.45, 2.75) is 18.7 Å². The van der Waals surface area contributed by atoms with Gasteiger partial charge in [-0.1, -0.05) is 0 Å². The molecule has 148 valence electrons. The normalized spacial score (nSPS) is 10.6. The number of nitro benzene ring substituents is 1. The second kappa shape index (κ2) is 8.78. The number of carbonyl (C=O) groups is 1. The number of rotatable bonds is 6. The van der Waals surface area contributed by atoms with Gasteiger partial charge in [0.1, 0.15) is 5.56 Å². The topological polar surface area (TPSA) is 108 Å². The lowest BCUT2D eigenvalue weighted by atomic mass is 10.0. The molecule has 0 aliphatic rings. The average Bonchev–Trinajstić information content (AvgIpc) is 2.73. The van der Waals surface area contributed by atoms with E-state index in [0.29, 0.717) is 28.3 Å². The fourth-order valence-corrected chi connectivity index (χ4v) is 3.41. The van der Waals surface area contributed by atoms with Gasteiger partial charge in [0.25, 0.3) is 5.69 Å². The Hall–Kier alpha value is -3.33. The summed E-state index contributed by atoms with van der Waals surface area (Å²) in [5.74, 6) is -0.200. The molecule has 2 aromatic heterocycles. The smallest absolute Gasteiger partial charge is 0.342 e. The Labute approximate surface area is 171 Å². The molecule has 1 aromatic carbocycles. The molecule has 0 aliphatic heterocycles. The maximum atomic E-state index is 12.7. The number of hydrogen-bond acceptors (Lipinski definition) is 8. The average molecular weight is 410 g/mol. The number of hydrogen-bond donors (Lipinski definition) is 0. The highest BCUT2D eigenvalue weighted by Crippen LogP contribution is 2.36. The highest BCUT2D eigenvalue weighted by atomic mass is 32.2. The Morgan fingerprint density at radius 3 is 2.69 bits per heavy atom. The van der Waals surface area contributed by atoms with Crippen LogP contribution in [0.15, 0.2) is 47.6 Å². The molecule has 0 atom stereocenters. The number of benzene rings is 1. The third-order valence-corrected chi connectivity index (χ3v) is 4.93. The van der Waals surface area contributed by atoms with E-state index in [9.17, 15) is 14.9 Å². The van der Waals surface area contributed by atoms with Crippen molar-refractivity contribution in [2.24, 2.45) is 0 Å². The zero-order valence-corrected chi connectivity index (χ0v) is 16.9. The summed E-state index contributed by atoms with van der Waals surface area (Å²) >= 11 is 1.40. The van der Waals surface area contributed by atoms with Crippen molar-refractivity contribution >= 4 is 23.4 Å². The summed E-state index contributed by atoms with van der Waals surface area (Å²) in [6.45, 7) is 3.58. The Balaban J connectivity index is 2.33. The second-order valence-electron chi connectivity index (χ2n) is 5.96. The molecule has 0 saturated heterocycles. The van der Waals surface area contributed by atoms with Crippen molar-refractivity contribution in [3.63, 3.8) is 0 Å². The minimum absolute atomic E-state index is 0.0909. The Morgan fingerprint density at radius 1 is 1.28 bits per heavy atom. The third kappa shape index (κ3) is 4.24. The minimum atomic E-state index is -0.573. The van der Waals surface area contributed by atoms with E-state index in [-0.39, 0.29) is 17.9 Å². The number of nitrogens with zero attached hydrogens (tertiary/aromatic N) is 4. The van der Waals surface area contributed by atoms with Crippen LogP contribution in [-0.2, 0) is 4.74 Å². The zero-order chi connectivity index (χ0) is 21.0. The van der Waals surface area contributed by atoms with Crippen LogP contribution in [0.4, 0.5) is 5.69 Å². The summed E-state index contributed by atoms with van der Waals surface area (Å²) in [5, 5.41) is 11.3. The van der Waals surface area contributed by atoms with E-state index >= 15 is 0 Å². The van der Waals surface area contributed by atoms with Gasteiger partial charge >= 0.3 is 5.97 Å². The molecular formula is C20H18N4O4S. The fraction of sp³-hybridized carbons (Fsp3) is 0.200. The molecular weight excluding hydrogens is 392 g/mol. The van der Waals surface area contributed by atoms with Crippen molar-refractivity contribution in [1.29, 1.82) is 0 Å². The first-order valence-electron chi connectivity index (χ1n) is 8.75. The summed E-state index contributed by atoms with van der Waals surface area (Å²) in [6.07, 6.45) is 5.10. The number of esters is 1. The molecule has 8 nitrogen and oxygen atoms in total. The van der Waals surface area contributed by atoms with Crippen LogP contribution in [0.1, 0.15) is 23.0 Å². The number of ether oxygens (including phenoxy) is 1. The van der Waals surface area contributed by atoms with Gasteiger partial charge in [-0.3, -0.25) is 15.1 Å². The van der Waals surface area contributed by atoms with Gasteiger partial charge in [0.05, 0.1) is 22.9 Å². The number of aromatic nitrogens is 3. The van der Waals surface area contributed by atoms with Crippen LogP contribution in [0.5, 0.6) is 0 Å². The molecule has 0 spiro atoms. The van der Waals surface area contributed by atoms with Gasteiger partial charge in [-0.05, 0) is 38.3 Å². The molecule has 0 saturated carbocycles. The molecule has 0 unspecified atom stereocenters. The largest absolute Gasteiger partial charge is 0.462 e. The van der Waals surface area contributed by atoms with Crippen LogP contribution in [0.25, 0.3) is 22.6 Å². The highest BCUT2D eigenvalue weighted by molar-refractivity contribution is 7.98. The van der Waals surface area contributed by atoms with Crippen LogP contribution in [-0.4, -0.2) is 38.7 Å². The second-order valence-corrected chi connectivity index (χ2v) is 6.81. The first kappa shape index (κ1) is 20.4. The first-order valence-corrected chi connectivity index (χ1v) is 9.97. The zero-order valence-electron chi connectivity index (χ0n) is 16.1. The third-order valence-electron chi connectivity index (χ3n) is 4.14. The molecule has 0 N–H and O–H groups in total. The number of carbonyl (C=O) groups excluding carboxylic acids is 1. The molecule has 2 heterocycles. The molecule has 0 amide bonds. The predicted molar refractivity (Wildman–Crippen MR) is 110 cm³/mol.